The summed E-state index contributed by atoms with van der Waals surface area (Å²) >= 11 is 0. The van der Waals surface area contributed by atoms with Crippen LogP contribution in [0.1, 0.15) is 40.0 Å². The van der Waals surface area contributed by atoms with Crippen LogP contribution in [0.15, 0.2) is 0 Å². The second-order valence-corrected chi connectivity index (χ2v) is 2.82. The summed E-state index contributed by atoms with van der Waals surface area (Å²) in [4.78, 5) is 11.2. The highest BCUT2D eigenvalue weighted by atomic mass is 16.5. The molecule has 0 amide bonds. The molecule has 0 rings (SSSR count). The van der Waals surface area contributed by atoms with Crippen LogP contribution in [0, 0.1) is 0 Å². The molecule has 0 aliphatic rings. The third-order valence-corrected chi connectivity index (χ3v) is 1.87. The van der Waals surface area contributed by atoms with Gasteiger partial charge in [0, 0.05) is 0 Å². The zero-order valence-corrected chi connectivity index (χ0v) is 8.05. The monoisotopic (exact) mass is 173 g/mol. The second-order valence-electron chi connectivity index (χ2n) is 2.82. The van der Waals surface area contributed by atoms with Gasteiger partial charge >= 0.3 is 5.97 Å². The zero-order chi connectivity index (χ0) is 9.61. The van der Waals surface area contributed by atoms with Gasteiger partial charge in [0.25, 0.3) is 0 Å². The van der Waals surface area contributed by atoms with Gasteiger partial charge in [-0.05, 0) is 19.8 Å². The number of carbonyl (C=O) groups is 1. The Morgan fingerprint density at radius 1 is 1.33 bits per heavy atom. The van der Waals surface area contributed by atoms with Crippen molar-refractivity contribution in [3.8, 4) is 0 Å². The molecule has 0 fully saturated rings. The van der Waals surface area contributed by atoms with Crippen LogP contribution in [0.3, 0.4) is 0 Å². The molecule has 0 aromatic heterocycles. The maximum absolute atomic E-state index is 11.7. The predicted molar refractivity (Wildman–Crippen MR) is 45.2 cm³/mol. The first kappa shape index (κ1) is 11.4. The molecule has 0 saturated carbocycles. The number of ether oxygens (including phenoxy) is 1. The van der Waals surface area contributed by atoms with Gasteiger partial charge in [0.15, 0.2) is 5.60 Å². The Hall–Kier alpha value is -0.570. The molecule has 0 bridgehead atoms. The molecule has 3 nitrogen and oxygen atoms in total. The molecule has 0 aromatic rings. The molecule has 71 valence electrons. The lowest BCUT2D eigenvalue weighted by Gasteiger charge is -2.20. The van der Waals surface area contributed by atoms with E-state index < -0.39 is 11.6 Å². The molecule has 0 aromatic carbocycles. The van der Waals surface area contributed by atoms with Crippen LogP contribution in [0.5, 0.6) is 0 Å². The largest absolute Gasteiger partial charge is 0.464 e. The van der Waals surface area contributed by atoms with Crippen LogP contribution in [0.4, 0.5) is 0 Å². The van der Waals surface area contributed by atoms with Gasteiger partial charge in [-0.3, -0.25) is 0 Å². The van der Waals surface area contributed by atoms with Crippen LogP contribution in [0.2, 0.25) is 0 Å². The van der Waals surface area contributed by atoms with Crippen molar-refractivity contribution in [2.45, 2.75) is 45.6 Å². The highest BCUT2D eigenvalue weighted by molar-refractivity contribution is 5.78. The van der Waals surface area contributed by atoms with Gasteiger partial charge in [-0.15, -0.1) is 0 Å². The highest BCUT2D eigenvalue weighted by Crippen LogP contribution is 2.19. The summed E-state index contributed by atoms with van der Waals surface area (Å²) in [5.41, 5.74) is -1.51. The molecule has 0 saturated heterocycles. The van der Waals surface area contributed by atoms with Crippen molar-refractivity contribution in [2.24, 2.45) is 0 Å². The number of hydrogen-bond donors (Lipinski definition) is 0. The van der Waals surface area contributed by atoms with E-state index >= 15 is 0 Å². The Kier molecular flexibility index (Phi) is 4.90. The average molecular weight is 173 g/mol. The summed E-state index contributed by atoms with van der Waals surface area (Å²) in [5, 5.41) is 11.7. The summed E-state index contributed by atoms with van der Waals surface area (Å²) in [6, 6.07) is 0. The van der Waals surface area contributed by atoms with E-state index in [4.69, 9.17) is 4.74 Å². The van der Waals surface area contributed by atoms with Crippen LogP contribution in [-0.2, 0) is 14.6 Å². The zero-order valence-electron chi connectivity index (χ0n) is 8.05. The minimum absolute atomic E-state index is 0.284. The van der Waals surface area contributed by atoms with Gasteiger partial charge < -0.3 is 4.74 Å². The lowest BCUT2D eigenvalue weighted by atomic mass is 9.95. The highest BCUT2D eigenvalue weighted by Gasteiger charge is 2.36. The summed E-state index contributed by atoms with van der Waals surface area (Å²) in [6.45, 7) is 5.60. The molecule has 1 unspecified atom stereocenters. The molecule has 1 radical (unpaired) electrons. The SMILES string of the molecule is CCCC([O])(CC)C(=O)OCC. The predicted octanol–water partition coefficient (Wildman–Crippen LogP) is 1.93. The summed E-state index contributed by atoms with van der Waals surface area (Å²) in [6.07, 6.45) is 1.39. The van der Waals surface area contributed by atoms with E-state index in [0.29, 0.717) is 12.8 Å². The molecule has 0 N–H and O–H groups in total. The Labute approximate surface area is 73.7 Å². The fraction of sp³-hybridized carbons (Fsp3) is 0.889. The normalized spacial score (nSPS) is 15.3. The van der Waals surface area contributed by atoms with Gasteiger partial charge in [0.05, 0.1) is 6.61 Å². The van der Waals surface area contributed by atoms with Crippen molar-refractivity contribution in [1.82, 2.24) is 0 Å². The smallest absolute Gasteiger partial charge is 0.341 e. The molecule has 0 aliphatic carbocycles. The van der Waals surface area contributed by atoms with E-state index in [9.17, 15) is 9.90 Å². The summed E-state index contributed by atoms with van der Waals surface area (Å²) < 4.78 is 4.70. The molecule has 12 heavy (non-hydrogen) atoms. The van der Waals surface area contributed by atoms with Crippen LogP contribution in [0.25, 0.3) is 0 Å². The van der Waals surface area contributed by atoms with Crippen molar-refractivity contribution in [3.05, 3.63) is 0 Å². The second kappa shape index (κ2) is 5.14. The minimum atomic E-state index is -1.51. The number of rotatable bonds is 5. The Bertz CT molecular complexity index is 145. The first-order valence-electron chi connectivity index (χ1n) is 4.48. The van der Waals surface area contributed by atoms with Crippen molar-refractivity contribution >= 4 is 5.97 Å². The quantitative estimate of drug-likeness (QED) is 0.596. The third kappa shape index (κ3) is 2.81. The van der Waals surface area contributed by atoms with Crippen molar-refractivity contribution in [1.29, 1.82) is 0 Å². The van der Waals surface area contributed by atoms with E-state index in [-0.39, 0.29) is 6.61 Å². The lowest BCUT2D eigenvalue weighted by molar-refractivity contribution is -0.174. The molecule has 1 atom stereocenters. The molecule has 0 aliphatic heterocycles. The maximum Gasteiger partial charge on any atom is 0.341 e. The summed E-state index contributed by atoms with van der Waals surface area (Å²) in [5.74, 6) is -0.602. The molecule has 0 spiro atoms. The molecular formula is C9H17O3. The third-order valence-electron chi connectivity index (χ3n) is 1.87. The van der Waals surface area contributed by atoms with Crippen molar-refractivity contribution in [3.63, 3.8) is 0 Å². The maximum atomic E-state index is 11.7. The number of esters is 1. The van der Waals surface area contributed by atoms with E-state index in [2.05, 4.69) is 0 Å². The minimum Gasteiger partial charge on any atom is -0.464 e. The van der Waals surface area contributed by atoms with Gasteiger partial charge in [-0.25, -0.2) is 9.90 Å². The van der Waals surface area contributed by atoms with E-state index in [1.165, 1.54) is 0 Å². The standard InChI is InChI=1S/C9H17O3/c1-4-7-9(11,5-2)8(10)12-6-3/h4-7H2,1-3H3. The fourth-order valence-electron chi connectivity index (χ4n) is 1.09. The van der Waals surface area contributed by atoms with Gasteiger partial charge in [-0.1, -0.05) is 20.3 Å². The van der Waals surface area contributed by atoms with Crippen LogP contribution < -0.4 is 0 Å². The Morgan fingerprint density at radius 3 is 2.25 bits per heavy atom. The van der Waals surface area contributed by atoms with Gasteiger partial charge in [0.2, 0.25) is 0 Å². The first-order valence-corrected chi connectivity index (χ1v) is 4.48. The van der Waals surface area contributed by atoms with Crippen LogP contribution >= 0.6 is 0 Å². The van der Waals surface area contributed by atoms with Gasteiger partial charge in [-0.2, -0.15) is 0 Å². The fourth-order valence-corrected chi connectivity index (χ4v) is 1.09. The average Bonchev–Trinajstić information content (AvgIpc) is 2.05. The Balaban J connectivity index is 4.18. The number of hydrogen-bond acceptors (Lipinski definition) is 2. The lowest BCUT2D eigenvalue weighted by Crippen LogP contribution is -2.37. The van der Waals surface area contributed by atoms with Crippen LogP contribution in [-0.4, -0.2) is 18.2 Å². The number of carbonyl (C=O) groups excluding carboxylic acids is 1. The van der Waals surface area contributed by atoms with Crippen molar-refractivity contribution < 1.29 is 14.6 Å². The van der Waals surface area contributed by atoms with E-state index in [1.807, 2.05) is 6.92 Å². The van der Waals surface area contributed by atoms with Gasteiger partial charge in [0.1, 0.15) is 0 Å². The van der Waals surface area contributed by atoms with E-state index in [1.54, 1.807) is 13.8 Å². The summed E-state index contributed by atoms with van der Waals surface area (Å²) in [7, 11) is 0. The topological polar surface area (TPSA) is 46.2 Å². The molecule has 0 heterocycles. The molecule has 3 heteroatoms. The first-order chi connectivity index (χ1) is 5.60. The Morgan fingerprint density at radius 2 is 1.92 bits per heavy atom. The van der Waals surface area contributed by atoms with Crippen molar-refractivity contribution in [2.75, 3.05) is 6.61 Å². The molecular weight excluding hydrogens is 156 g/mol. The van der Waals surface area contributed by atoms with E-state index in [0.717, 1.165) is 6.42 Å².